The zero-order valence-corrected chi connectivity index (χ0v) is 11.9. The number of carbonyl (C=O) groups excluding carboxylic acids is 1. The predicted molar refractivity (Wildman–Crippen MR) is 72.9 cm³/mol. The SMILES string of the molecule is Cc1cc(NC(=O)C(C)N(C)Cc2cscn2)on1. The van der Waals surface area contributed by atoms with E-state index in [1.807, 2.05) is 24.3 Å². The first-order valence-electron chi connectivity index (χ1n) is 5.87. The Hall–Kier alpha value is -1.73. The molecule has 0 saturated heterocycles. The molecular formula is C12H16N4O2S. The molecule has 0 saturated carbocycles. The number of carbonyl (C=O) groups is 1. The van der Waals surface area contributed by atoms with Gasteiger partial charge in [-0.2, -0.15) is 0 Å². The molecule has 0 radical (unpaired) electrons. The number of rotatable bonds is 5. The highest BCUT2D eigenvalue weighted by atomic mass is 32.1. The number of nitrogens with one attached hydrogen (secondary N) is 1. The van der Waals surface area contributed by atoms with Gasteiger partial charge in [-0.05, 0) is 20.9 Å². The van der Waals surface area contributed by atoms with E-state index in [9.17, 15) is 4.79 Å². The molecule has 0 spiro atoms. The number of aromatic nitrogens is 2. The van der Waals surface area contributed by atoms with Crippen molar-refractivity contribution in [1.29, 1.82) is 0 Å². The van der Waals surface area contributed by atoms with Gasteiger partial charge in [0.05, 0.1) is 22.9 Å². The first-order valence-corrected chi connectivity index (χ1v) is 6.82. The summed E-state index contributed by atoms with van der Waals surface area (Å²) in [5, 5.41) is 8.39. The van der Waals surface area contributed by atoms with Crippen LogP contribution in [-0.4, -0.2) is 34.0 Å². The second-order valence-corrected chi connectivity index (χ2v) is 5.11. The topological polar surface area (TPSA) is 71.3 Å². The van der Waals surface area contributed by atoms with Gasteiger partial charge < -0.3 is 4.52 Å². The highest BCUT2D eigenvalue weighted by molar-refractivity contribution is 7.07. The normalized spacial score (nSPS) is 12.6. The Morgan fingerprint density at radius 1 is 1.63 bits per heavy atom. The maximum Gasteiger partial charge on any atom is 0.243 e. The van der Waals surface area contributed by atoms with Gasteiger partial charge in [-0.15, -0.1) is 11.3 Å². The van der Waals surface area contributed by atoms with Gasteiger partial charge in [-0.1, -0.05) is 5.16 Å². The number of amides is 1. The molecule has 0 aliphatic rings. The number of likely N-dealkylation sites (N-methyl/N-ethyl adjacent to an activating group) is 1. The summed E-state index contributed by atoms with van der Waals surface area (Å²) in [6, 6.07) is 1.40. The van der Waals surface area contributed by atoms with Gasteiger partial charge in [-0.3, -0.25) is 15.0 Å². The zero-order valence-electron chi connectivity index (χ0n) is 11.1. The van der Waals surface area contributed by atoms with Crippen LogP contribution in [0, 0.1) is 6.92 Å². The standard InChI is InChI=1S/C12H16N4O2S/c1-8-4-11(18-15-8)14-12(17)9(2)16(3)5-10-6-19-7-13-10/h4,6-7,9H,5H2,1-3H3,(H,14,17). The van der Waals surface area contributed by atoms with E-state index >= 15 is 0 Å². The minimum absolute atomic E-state index is 0.131. The molecule has 1 atom stereocenters. The molecule has 0 bridgehead atoms. The average Bonchev–Trinajstić information content (AvgIpc) is 3.00. The fourth-order valence-corrected chi connectivity index (χ4v) is 2.11. The third kappa shape index (κ3) is 3.62. The Morgan fingerprint density at radius 2 is 2.42 bits per heavy atom. The molecule has 19 heavy (non-hydrogen) atoms. The van der Waals surface area contributed by atoms with Gasteiger partial charge in [0.25, 0.3) is 0 Å². The molecule has 2 aromatic rings. The van der Waals surface area contributed by atoms with Crippen LogP contribution in [0.15, 0.2) is 21.5 Å². The molecule has 0 aliphatic heterocycles. The van der Waals surface area contributed by atoms with Gasteiger partial charge in [0, 0.05) is 18.0 Å². The smallest absolute Gasteiger partial charge is 0.243 e. The molecular weight excluding hydrogens is 264 g/mol. The van der Waals surface area contributed by atoms with Gasteiger partial charge in [0.15, 0.2) is 0 Å². The lowest BCUT2D eigenvalue weighted by molar-refractivity contribution is -0.120. The number of aryl methyl sites for hydroxylation is 1. The van der Waals surface area contributed by atoms with Crippen molar-refractivity contribution in [1.82, 2.24) is 15.0 Å². The van der Waals surface area contributed by atoms with E-state index in [1.165, 1.54) is 0 Å². The van der Waals surface area contributed by atoms with Gasteiger partial charge in [0.1, 0.15) is 0 Å². The van der Waals surface area contributed by atoms with Gasteiger partial charge >= 0.3 is 0 Å². The molecule has 2 rings (SSSR count). The van der Waals surface area contributed by atoms with E-state index in [2.05, 4.69) is 15.5 Å². The average molecular weight is 280 g/mol. The van der Waals surface area contributed by atoms with Crippen LogP contribution in [0.25, 0.3) is 0 Å². The Bertz CT molecular complexity index is 538. The van der Waals surface area contributed by atoms with Crippen LogP contribution >= 0.6 is 11.3 Å². The van der Waals surface area contributed by atoms with Crippen LogP contribution in [0.1, 0.15) is 18.3 Å². The molecule has 0 fully saturated rings. The quantitative estimate of drug-likeness (QED) is 0.905. The van der Waals surface area contributed by atoms with Crippen molar-refractivity contribution in [3.05, 3.63) is 28.3 Å². The Balaban J connectivity index is 1.91. The lowest BCUT2D eigenvalue weighted by atomic mass is 10.2. The second kappa shape index (κ2) is 5.94. The van der Waals surface area contributed by atoms with Crippen molar-refractivity contribution < 1.29 is 9.32 Å². The number of hydrogen-bond donors (Lipinski definition) is 1. The molecule has 2 heterocycles. The van der Waals surface area contributed by atoms with Gasteiger partial charge in [-0.25, -0.2) is 4.98 Å². The largest absolute Gasteiger partial charge is 0.338 e. The van der Waals surface area contributed by atoms with E-state index in [0.29, 0.717) is 12.4 Å². The lowest BCUT2D eigenvalue weighted by Gasteiger charge is -2.22. The van der Waals surface area contributed by atoms with Gasteiger partial charge in [0.2, 0.25) is 11.8 Å². The molecule has 102 valence electrons. The lowest BCUT2D eigenvalue weighted by Crippen LogP contribution is -2.39. The van der Waals surface area contributed by atoms with Crippen molar-refractivity contribution in [2.24, 2.45) is 0 Å². The number of hydrogen-bond acceptors (Lipinski definition) is 6. The van der Waals surface area contributed by atoms with Crippen molar-refractivity contribution in [2.45, 2.75) is 26.4 Å². The third-order valence-electron chi connectivity index (χ3n) is 2.81. The van der Waals surface area contributed by atoms with E-state index in [1.54, 1.807) is 29.8 Å². The van der Waals surface area contributed by atoms with Crippen molar-refractivity contribution in [3.63, 3.8) is 0 Å². The first-order chi connectivity index (χ1) is 9.06. The number of thiazole rings is 1. The molecule has 0 aliphatic carbocycles. The zero-order chi connectivity index (χ0) is 13.8. The van der Waals surface area contributed by atoms with E-state index in [4.69, 9.17) is 4.52 Å². The Morgan fingerprint density at radius 3 is 3.00 bits per heavy atom. The third-order valence-corrected chi connectivity index (χ3v) is 3.45. The van der Waals surface area contributed by atoms with Crippen LogP contribution in [0.2, 0.25) is 0 Å². The highest BCUT2D eigenvalue weighted by Crippen LogP contribution is 2.11. The molecule has 2 aromatic heterocycles. The van der Waals surface area contributed by atoms with Crippen LogP contribution < -0.4 is 5.32 Å². The van der Waals surface area contributed by atoms with Crippen LogP contribution in [0.4, 0.5) is 5.88 Å². The van der Waals surface area contributed by atoms with Crippen LogP contribution in [-0.2, 0) is 11.3 Å². The summed E-state index contributed by atoms with van der Waals surface area (Å²) in [5.41, 5.74) is 3.48. The fourth-order valence-electron chi connectivity index (χ4n) is 1.56. The Kier molecular flexibility index (Phi) is 4.28. The van der Waals surface area contributed by atoms with E-state index < -0.39 is 0 Å². The summed E-state index contributed by atoms with van der Waals surface area (Å²) in [4.78, 5) is 18.2. The summed E-state index contributed by atoms with van der Waals surface area (Å²) in [6.45, 7) is 4.27. The maximum atomic E-state index is 12.0. The molecule has 1 N–H and O–H groups in total. The molecule has 6 nitrogen and oxygen atoms in total. The Labute approximate surface area is 115 Å². The minimum atomic E-state index is -0.285. The van der Waals surface area contributed by atoms with E-state index in [0.717, 1.165) is 11.4 Å². The van der Waals surface area contributed by atoms with Crippen molar-refractivity contribution in [2.75, 3.05) is 12.4 Å². The molecule has 0 aromatic carbocycles. The monoisotopic (exact) mass is 280 g/mol. The first kappa shape index (κ1) is 13.7. The predicted octanol–water partition coefficient (Wildman–Crippen LogP) is 1.90. The summed E-state index contributed by atoms with van der Waals surface area (Å²) in [7, 11) is 1.88. The summed E-state index contributed by atoms with van der Waals surface area (Å²) < 4.78 is 4.96. The molecule has 1 unspecified atom stereocenters. The number of nitrogens with zero attached hydrogens (tertiary/aromatic N) is 3. The maximum absolute atomic E-state index is 12.0. The van der Waals surface area contributed by atoms with Crippen LogP contribution in [0.5, 0.6) is 0 Å². The van der Waals surface area contributed by atoms with Crippen molar-refractivity contribution in [3.8, 4) is 0 Å². The summed E-state index contributed by atoms with van der Waals surface area (Å²) >= 11 is 1.55. The minimum Gasteiger partial charge on any atom is -0.338 e. The van der Waals surface area contributed by atoms with Crippen LogP contribution in [0.3, 0.4) is 0 Å². The van der Waals surface area contributed by atoms with Crippen molar-refractivity contribution >= 4 is 23.1 Å². The summed E-state index contributed by atoms with van der Waals surface area (Å²) in [6.07, 6.45) is 0. The molecule has 1 amide bonds. The number of anilines is 1. The van der Waals surface area contributed by atoms with E-state index in [-0.39, 0.29) is 11.9 Å². The fraction of sp³-hybridized carbons (Fsp3) is 0.417. The summed E-state index contributed by atoms with van der Waals surface area (Å²) in [5.74, 6) is 0.241. The second-order valence-electron chi connectivity index (χ2n) is 4.39. The molecule has 7 heteroatoms. The highest BCUT2D eigenvalue weighted by Gasteiger charge is 2.19.